The van der Waals surface area contributed by atoms with Crippen LogP contribution in [0.25, 0.3) is 0 Å². The van der Waals surface area contributed by atoms with Crippen LogP contribution in [0.15, 0.2) is 4.99 Å². The van der Waals surface area contributed by atoms with E-state index in [1.54, 1.807) is 0 Å². The van der Waals surface area contributed by atoms with Gasteiger partial charge < -0.3 is 20.1 Å². The quantitative estimate of drug-likeness (QED) is 0.387. The van der Waals surface area contributed by atoms with Gasteiger partial charge in [0.15, 0.2) is 5.96 Å². The SMILES string of the molecule is CCNC(=NCCCOCC1CCOC1)NC1CCCC(C(F)(F)F)C1. The first-order valence-corrected chi connectivity index (χ1v) is 9.76. The van der Waals surface area contributed by atoms with E-state index < -0.39 is 12.1 Å². The Morgan fingerprint density at radius 2 is 2.12 bits per heavy atom. The Balaban J connectivity index is 1.68. The second kappa shape index (κ2) is 11.0. The molecule has 3 unspecified atom stereocenters. The van der Waals surface area contributed by atoms with Crippen LogP contribution in [0.4, 0.5) is 13.2 Å². The largest absolute Gasteiger partial charge is 0.391 e. The lowest BCUT2D eigenvalue weighted by Crippen LogP contribution is -2.46. The fourth-order valence-electron chi connectivity index (χ4n) is 3.45. The number of guanidine groups is 1. The summed E-state index contributed by atoms with van der Waals surface area (Å²) in [6, 6.07) is -0.174. The van der Waals surface area contributed by atoms with Gasteiger partial charge in [-0.25, -0.2) is 0 Å². The Morgan fingerprint density at radius 3 is 2.81 bits per heavy atom. The highest BCUT2D eigenvalue weighted by molar-refractivity contribution is 5.80. The third kappa shape index (κ3) is 7.70. The summed E-state index contributed by atoms with van der Waals surface area (Å²) in [5.74, 6) is -0.0977. The van der Waals surface area contributed by atoms with Crippen molar-refractivity contribution >= 4 is 5.96 Å². The first kappa shape index (κ1) is 21.3. The fourth-order valence-corrected chi connectivity index (χ4v) is 3.45. The third-order valence-electron chi connectivity index (χ3n) is 4.92. The van der Waals surface area contributed by atoms with Crippen molar-refractivity contribution < 1.29 is 22.6 Å². The summed E-state index contributed by atoms with van der Waals surface area (Å²) in [5, 5.41) is 6.30. The van der Waals surface area contributed by atoms with Crippen LogP contribution in [0.2, 0.25) is 0 Å². The minimum atomic E-state index is -4.10. The third-order valence-corrected chi connectivity index (χ3v) is 4.92. The standard InChI is InChI=1S/C18H32F3N3O2/c1-2-22-17(23-8-4-9-25-12-14-7-10-26-13-14)24-16-6-3-5-15(11-16)18(19,20)21/h14-16H,2-13H2,1H3,(H2,22,23,24). The summed E-state index contributed by atoms with van der Waals surface area (Å²) in [7, 11) is 0. The zero-order chi connectivity index (χ0) is 18.8. The van der Waals surface area contributed by atoms with Gasteiger partial charge >= 0.3 is 6.18 Å². The van der Waals surface area contributed by atoms with Gasteiger partial charge in [-0.05, 0) is 39.0 Å². The lowest BCUT2D eigenvalue weighted by Gasteiger charge is -2.31. The molecule has 0 bridgehead atoms. The molecule has 0 radical (unpaired) electrons. The van der Waals surface area contributed by atoms with E-state index in [1.165, 1.54) is 0 Å². The molecular weight excluding hydrogens is 347 g/mol. The van der Waals surface area contributed by atoms with Gasteiger partial charge in [0, 0.05) is 38.3 Å². The van der Waals surface area contributed by atoms with Crippen LogP contribution in [-0.2, 0) is 9.47 Å². The molecule has 1 aliphatic heterocycles. The number of halogens is 3. The Labute approximate surface area is 154 Å². The van der Waals surface area contributed by atoms with Crippen molar-refractivity contribution in [2.24, 2.45) is 16.8 Å². The van der Waals surface area contributed by atoms with Crippen LogP contribution in [0.1, 0.15) is 45.4 Å². The highest BCUT2D eigenvalue weighted by Gasteiger charge is 2.42. The molecule has 2 rings (SSSR count). The first-order valence-electron chi connectivity index (χ1n) is 9.76. The monoisotopic (exact) mass is 379 g/mol. The van der Waals surface area contributed by atoms with Gasteiger partial charge in [0.25, 0.3) is 0 Å². The average molecular weight is 379 g/mol. The van der Waals surface area contributed by atoms with Crippen LogP contribution in [0.3, 0.4) is 0 Å². The summed E-state index contributed by atoms with van der Waals surface area (Å²) in [6.07, 6.45) is -0.534. The summed E-state index contributed by atoms with van der Waals surface area (Å²) < 4.78 is 49.8. The predicted molar refractivity (Wildman–Crippen MR) is 95.3 cm³/mol. The van der Waals surface area contributed by atoms with Crippen molar-refractivity contribution in [3.8, 4) is 0 Å². The maximum absolute atomic E-state index is 12.9. The van der Waals surface area contributed by atoms with Crippen molar-refractivity contribution in [3.63, 3.8) is 0 Å². The van der Waals surface area contributed by atoms with Crippen molar-refractivity contribution in [1.29, 1.82) is 0 Å². The lowest BCUT2D eigenvalue weighted by atomic mass is 9.85. The predicted octanol–water partition coefficient (Wildman–Crippen LogP) is 3.11. The number of hydrogen-bond donors (Lipinski definition) is 2. The molecule has 8 heteroatoms. The molecule has 26 heavy (non-hydrogen) atoms. The number of nitrogens with zero attached hydrogens (tertiary/aromatic N) is 1. The molecule has 2 aliphatic rings. The molecule has 0 aromatic carbocycles. The summed E-state index contributed by atoms with van der Waals surface area (Å²) in [6.45, 7) is 6.19. The second-order valence-corrected chi connectivity index (χ2v) is 7.17. The molecule has 2 fully saturated rings. The van der Waals surface area contributed by atoms with E-state index in [-0.39, 0.29) is 18.9 Å². The molecule has 2 N–H and O–H groups in total. The van der Waals surface area contributed by atoms with Crippen LogP contribution < -0.4 is 10.6 Å². The van der Waals surface area contributed by atoms with Gasteiger partial charge in [0.2, 0.25) is 0 Å². The Bertz CT molecular complexity index is 426. The Hall–Kier alpha value is -1.02. The summed E-state index contributed by atoms with van der Waals surface area (Å²) in [4.78, 5) is 4.47. The topological polar surface area (TPSA) is 54.9 Å². The number of ether oxygens (including phenoxy) is 2. The molecule has 0 aromatic heterocycles. The molecule has 5 nitrogen and oxygen atoms in total. The van der Waals surface area contributed by atoms with E-state index >= 15 is 0 Å². The van der Waals surface area contributed by atoms with E-state index in [4.69, 9.17) is 9.47 Å². The van der Waals surface area contributed by atoms with Gasteiger partial charge in [0.05, 0.1) is 19.1 Å². The highest BCUT2D eigenvalue weighted by Crippen LogP contribution is 2.37. The molecule has 3 atom stereocenters. The summed E-state index contributed by atoms with van der Waals surface area (Å²) >= 11 is 0. The lowest BCUT2D eigenvalue weighted by molar-refractivity contribution is -0.183. The van der Waals surface area contributed by atoms with Crippen molar-refractivity contribution in [2.45, 2.75) is 57.7 Å². The smallest absolute Gasteiger partial charge is 0.381 e. The molecule has 0 amide bonds. The maximum Gasteiger partial charge on any atom is 0.391 e. The van der Waals surface area contributed by atoms with Gasteiger partial charge in [0.1, 0.15) is 0 Å². The molecule has 1 saturated heterocycles. The van der Waals surface area contributed by atoms with E-state index in [2.05, 4.69) is 15.6 Å². The Morgan fingerprint density at radius 1 is 1.27 bits per heavy atom. The molecule has 0 aromatic rings. The zero-order valence-corrected chi connectivity index (χ0v) is 15.6. The first-order chi connectivity index (χ1) is 12.5. The van der Waals surface area contributed by atoms with Gasteiger partial charge in [-0.1, -0.05) is 6.42 Å². The molecule has 1 saturated carbocycles. The molecule has 152 valence electrons. The number of alkyl halides is 3. The normalized spacial score (nSPS) is 27.5. The minimum Gasteiger partial charge on any atom is -0.381 e. The molecule has 1 aliphatic carbocycles. The molecule has 1 heterocycles. The van der Waals surface area contributed by atoms with Crippen LogP contribution in [0, 0.1) is 11.8 Å². The maximum atomic E-state index is 12.9. The van der Waals surface area contributed by atoms with Gasteiger partial charge in [-0.3, -0.25) is 4.99 Å². The zero-order valence-electron chi connectivity index (χ0n) is 15.6. The van der Waals surface area contributed by atoms with E-state index in [0.717, 1.165) is 39.1 Å². The number of nitrogens with one attached hydrogen (secondary N) is 2. The highest BCUT2D eigenvalue weighted by atomic mass is 19.4. The van der Waals surface area contributed by atoms with Crippen LogP contribution in [-0.4, -0.2) is 57.7 Å². The fraction of sp³-hybridized carbons (Fsp3) is 0.944. The number of hydrogen-bond acceptors (Lipinski definition) is 3. The van der Waals surface area contributed by atoms with Crippen LogP contribution >= 0.6 is 0 Å². The van der Waals surface area contributed by atoms with Crippen LogP contribution in [0.5, 0.6) is 0 Å². The van der Waals surface area contributed by atoms with E-state index in [0.29, 0.717) is 38.0 Å². The second-order valence-electron chi connectivity index (χ2n) is 7.17. The molecule has 0 spiro atoms. The van der Waals surface area contributed by atoms with Crippen molar-refractivity contribution in [3.05, 3.63) is 0 Å². The minimum absolute atomic E-state index is 0.125. The van der Waals surface area contributed by atoms with Gasteiger partial charge in [-0.15, -0.1) is 0 Å². The Kier molecular flexibility index (Phi) is 8.98. The number of rotatable bonds is 8. The average Bonchev–Trinajstić information content (AvgIpc) is 3.11. The van der Waals surface area contributed by atoms with Crippen molar-refractivity contribution in [1.82, 2.24) is 10.6 Å². The summed E-state index contributed by atoms with van der Waals surface area (Å²) in [5.41, 5.74) is 0. The van der Waals surface area contributed by atoms with Crippen molar-refractivity contribution in [2.75, 3.05) is 39.5 Å². The van der Waals surface area contributed by atoms with E-state index in [1.807, 2.05) is 6.92 Å². The van der Waals surface area contributed by atoms with E-state index in [9.17, 15) is 13.2 Å². The van der Waals surface area contributed by atoms with Gasteiger partial charge in [-0.2, -0.15) is 13.2 Å². The molecular formula is C18H32F3N3O2. The number of aliphatic imine (C=N–C) groups is 1.